The van der Waals surface area contributed by atoms with Crippen LogP contribution in [0.2, 0.25) is 0 Å². The molecule has 0 spiro atoms. The number of rotatable bonds is 3. The van der Waals surface area contributed by atoms with Crippen LogP contribution >= 0.6 is 0 Å². The summed E-state index contributed by atoms with van der Waals surface area (Å²) in [5.74, 6) is -1.34. The zero-order chi connectivity index (χ0) is 20.5. The molecule has 1 N–H and O–H groups in total. The minimum atomic E-state index is -0.665. The first kappa shape index (κ1) is 19.4. The maximum Gasteiger partial charge on any atom is 0.355 e. The first-order valence-electron chi connectivity index (χ1n) is 8.78. The number of hydrogen-bond acceptors (Lipinski definition) is 6. The Hall–Kier alpha value is -3.35. The Balaban J connectivity index is 2.17. The van der Waals surface area contributed by atoms with Crippen molar-refractivity contribution in [2.45, 2.75) is 25.7 Å². The van der Waals surface area contributed by atoms with Crippen molar-refractivity contribution in [1.82, 2.24) is 0 Å². The van der Waals surface area contributed by atoms with Gasteiger partial charge in [0.25, 0.3) is 0 Å². The molecule has 1 amide bonds. The molecule has 2 heterocycles. The van der Waals surface area contributed by atoms with Crippen LogP contribution in [0.1, 0.15) is 25.8 Å². The molecule has 0 aromatic heterocycles. The Morgan fingerprint density at radius 2 is 1.82 bits per heavy atom. The lowest BCUT2D eigenvalue weighted by atomic mass is 9.78. The SMILES string of the molecule is COC(=O)C1=C(C(=O)OC)N(c2ccc3c(c2)C(C)(C)CC(=O)N3)C=CC=C1. The lowest BCUT2D eigenvalue weighted by Gasteiger charge is -2.33. The van der Waals surface area contributed by atoms with Crippen LogP contribution in [0.3, 0.4) is 0 Å². The number of allylic oxidation sites excluding steroid dienone is 2. The molecule has 0 bridgehead atoms. The van der Waals surface area contributed by atoms with Crippen molar-refractivity contribution in [3.63, 3.8) is 0 Å². The summed E-state index contributed by atoms with van der Waals surface area (Å²) in [5.41, 5.74) is 2.10. The summed E-state index contributed by atoms with van der Waals surface area (Å²) in [7, 11) is 2.51. The Morgan fingerprint density at radius 3 is 2.50 bits per heavy atom. The van der Waals surface area contributed by atoms with Gasteiger partial charge in [-0.25, -0.2) is 9.59 Å². The van der Waals surface area contributed by atoms with Crippen LogP contribution in [0, 0.1) is 0 Å². The van der Waals surface area contributed by atoms with Gasteiger partial charge in [-0.1, -0.05) is 19.9 Å². The predicted octanol–water partition coefficient (Wildman–Crippen LogP) is 2.80. The van der Waals surface area contributed by atoms with Gasteiger partial charge in [0, 0.05) is 29.4 Å². The average Bonchev–Trinajstić information content (AvgIpc) is 2.88. The number of fused-ring (bicyclic) bond motifs is 1. The highest BCUT2D eigenvalue weighted by Crippen LogP contribution is 2.40. The molecule has 0 aliphatic carbocycles. The normalized spacial score (nSPS) is 17.6. The number of carbonyl (C=O) groups excluding carboxylic acids is 3. The zero-order valence-corrected chi connectivity index (χ0v) is 16.2. The lowest BCUT2D eigenvalue weighted by Crippen LogP contribution is -2.33. The standard InChI is InChI=1S/C21H22N2O5/c1-21(2)12-17(24)22-16-9-8-13(11-15(16)21)23-10-6-5-7-14(19(25)27-3)18(23)20(26)28-4/h5-11H,12H2,1-4H3,(H,22,24). The first-order chi connectivity index (χ1) is 13.3. The predicted molar refractivity (Wildman–Crippen MR) is 105 cm³/mol. The Bertz CT molecular complexity index is 940. The molecule has 0 fully saturated rings. The number of nitrogens with zero attached hydrogens (tertiary/aromatic N) is 1. The topological polar surface area (TPSA) is 84.9 Å². The van der Waals surface area contributed by atoms with E-state index in [0.717, 1.165) is 11.3 Å². The Kier molecular flexibility index (Phi) is 5.09. The minimum absolute atomic E-state index is 0.0350. The zero-order valence-electron chi connectivity index (χ0n) is 16.2. The number of benzene rings is 1. The summed E-state index contributed by atoms with van der Waals surface area (Å²) >= 11 is 0. The second kappa shape index (κ2) is 7.34. The summed E-state index contributed by atoms with van der Waals surface area (Å²) in [6.45, 7) is 3.98. The molecule has 7 nitrogen and oxygen atoms in total. The van der Waals surface area contributed by atoms with Gasteiger partial charge in [-0.05, 0) is 35.9 Å². The van der Waals surface area contributed by atoms with E-state index in [-0.39, 0.29) is 22.6 Å². The Labute approximate surface area is 163 Å². The second-order valence-corrected chi connectivity index (χ2v) is 7.15. The molecular weight excluding hydrogens is 360 g/mol. The summed E-state index contributed by atoms with van der Waals surface area (Å²) in [4.78, 5) is 38.3. The van der Waals surface area contributed by atoms with Crippen molar-refractivity contribution in [2.24, 2.45) is 0 Å². The molecule has 7 heteroatoms. The van der Waals surface area contributed by atoms with Crippen LogP contribution in [-0.2, 0) is 29.3 Å². The smallest absolute Gasteiger partial charge is 0.355 e. The molecule has 0 saturated heterocycles. The van der Waals surface area contributed by atoms with E-state index in [0.29, 0.717) is 12.1 Å². The first-order valence-corrected chi connectivity index (χ1v) is 8.78. The molecule has 146 valence electrons. The van der Waals surface area contributed by atoms with Crippen LogP contribution in [0.5, 0.6) is 0 Å². The quantitative estimate of drug-likeness (QED) is 0.809. The molecule has 2 aliphatic rings. The van der Waals surface area contributed by atoms with Gasteiger partial charge in [-0.3, -0.25) is 4.79 Å². The molecule has 1 aromatic rings. The molecular formula is C21H22N2O5. The number of esters is 2. The maximum atomic E-state index is 12.5. The monoisotopic (exact) mass is 382 g/mol. The fourth-order valence-corrected chi connectivity index (χ4v) is 3.41. The highest BCUT2D eigenvalue weighted by molar-refractivity contribution is 6.05. The summed E-state index contributed by atoms with van der Waals surface area (Å²) in [5, 5.41) is 2.87. The van der Waals surface area contributed by atoms with E-state index in [9.17, 15) is 14.4 Å². The van der Waals surface area contributed by atoms with Crippen molar-refractivity contribution >= 4 is 29.2 Å². The molecule has 3 rings (SSSR count). The van der Waals surface area contributed by atoms with Gasteiger partial charge in [0.05, 0.1) is 19.8 Å². The second-order valence-electron chi connectivity index (χ2n) is 7.15. The molecule has 0 saturated carbocycles. The van der Waals surface area contributed by atoms with Crippen molar-refractivity contribution in [3.05, 3.63) is 59.5 Å². The van der Waals surface area contributed by atoms with E-state index in [1.54, 1.807) is 35.4 Å². The van der Waals surface area contributed by atoms with Crippen LogP contribution in [0.25, 0.3) is 0 Å². The molecule has 28 heavy (non-hydrogen) atoms. The molecule has 1 aromatic carbocycles. The largest absolute Gasteiger partial charge is 0.465 e. The van der Waals surface area contributed by atoms with Crippen LogP contribution in [0.15, 0.2) is 53.9 Å². The lowest BCUT2D eigenvalue weighted by molar-refractivity contribution is -0.139. The van der Waals surface area contributed by atoms with E-state index >= 15 is 0 Å². The van der Waals surface area contributed by atoms with Gasteiger partial charge < -0.3 is 19.7 Å². The molecule has 0 atom stereocenters. The minimum Gasteiger partial charge on any atom is -0.465 e. The number of amides is 1. The maximum absolute atomic E-state index is 12.5. The van der Waals surface area contributed by atoms with Gasteiger partial charge in [-0.15, -0.1) is 0 Å². The van der Waals surface area contributed by atoms with Gasteiger partial charge in [0.1, 0.15) is 5.70 Å². The van der Waals surface area contributed by atoms with Gasteiger partial charge in [0.2, 0.25) is 5.91 Å². The van der Waals surface area contributed by atoms with Gasteiger partial charge in [0.15, 0.2) is 0 Å². The van der Waals surface area contributed by atoms with E-state index in [4.69, 9.17) is 9.47 Å². The fourth-order valence-electron chi connectivity index (χ4n) is 3.41. The van der Waals surface area contributed by atoms with Crippen LogP contribution in [0.4, 0.5) is 11.4 Å². The van der Waals surface area contributed by atoms with Gasteiger partial charge in [-0.2, -0.15) is 0 Å². The Morgan fingerprint density at radius 1 is 1.11 bits per heavy atom. The fraction of sp³-hybridized carbons (Fsp3) is 0.286. The number of anilines is 2. The van der Waals surface area contributed by atoms with E-state index in [1.807, 2.05) is 19.9 Å². The van der Waals surface area contributed by atoms with Crippen molar-refractivity contribution in [2.75, 3.05) is 24.4 Å². The third-order valence-electron chi connectivity index (χ3n) is 4.78. The summed E-state index contributed by atoms with van der Waals surface area (Å²) < 4.78 is 9.75. The average molecular weight is 382 g/mol. The number of carbonyl (C=O) groups is 3. The highest BCUT2D eigenvalue weighted by atomic mass is 16.5. The summed E-state index contributed by atoms with van der Waals surface area (Å²) in [6, 6.07) is 5.47. The number of ether oxygens (including phenoxy) is 2. The van der Waals surface area contributed by atoms with Crippen molar-refractivity contribution in [3.8, 4) is 0 Å². The number of nitrogens with one attached hydrogen (secondary N) is 1. The van der Waals surface area contributed by atoms with Crippen LogP contribution < -0.4 is 10.2 Å². The van der Waals surface area contributed by atoms with E-state index in [1.165, 1.54) is 20.3 Å². The highest BCUT2D eigenvalue weighted by Gasteiger charge is 2.33. The molecule has 0 unspecified atom stereocenters. The number of hydrogen-bond donors (Lipinski definition) is 1. The van der Waals surface area contributed by atoms with E-state index in [2.05, 4.69) is 5.32 Å². The van der Waals surface area contributed by atoms with Gasteiger partial charge >= 0.3 is 11.9 Å². The molecule has 0 radical (unpaired) electrons. The summed E-state index contributed by atoms with van der Waals surface area (Å²) in [6.07, 6.45) is 6.91. The van der Waals surface area contributed by atoms with E-state index < -0.39 is 11.9 Å². The van der Waals surface area contributed by atoms with Crippen molar-refractivity contribution in [1.29, 1.82) is 0 Å². The number of methoxy groups -OCH3 is 2. The van der Waals surface area contributed by atoms with Crippen molar-refractivity contribution < 1.29 is 23.9 Å². The third-order valence-corrected chi connectivity index (χ3v) is 4.78. The van der Waals surface area contributed by atoms with Crippen LogP contribution in [-0.4, -0.2) is 32.1 Å². The molecule has 2 aliphatic heterocycles. The third kappa shape index (κ3) is 3.43.